The fraction of sp³-hybridized carbons (Fsp3) is 0.346. The molecule has 0 radical (unpaired) electrons. The van der Waals surface area contributed by atoms with Crippen molar-refractivity contribution in [3.05, 3.63) is 65.6 Å². The maximum absolute atomic E-state index is 13.0. The van der Waals surface area contributed by atoms with Gasteiger partial charge in [-0.2, -0.15) is 0 Å². The third kappa shape index (κ3) is 4.80. The lowest BCUT2D eigenvalue weighted by molar-refractivity contribution is -0.132. The number of rotatable bonds is 6. The van der Waals surface area contributed by atoms with Gasteiger partial charge in [-0.15, -0.1) is 0 Å². The number of Topliss-reactive ketones (excluding diaryl/α,β-unsaturated/α-hetero) is 1. The first-order valence-corrected chi connectivity index (χ1v) is 11.5. The molecule has 1 aliphatic carbocycles. The van der Waals surface area contributed by atoms with Gasteiger partial charge >= 0.3 is 11.9 Å². The first-order chi connectivity index (χ1) is 17.0. The summed E-state index contributed by atoms with van der Waals surface area (Å²) in [6, 6.07) is 11.2. The van der Waals surface area contributed by atoms with E-state index in [9.17, 15) is 14.4 Å². The van der Waals surface area contributed by atoms with Gasteiger partial charge < -0.3 is 28.4 Å². The third-order valence-electron chi connectivity index (χ3n) is 6.15. The summed E-state index contributed by atoms with van der Waals surface area (Å²) in [5.74, 6) is 0.199. The van der Waals surface area contributed by atoms with E-state index in [1.165, 1.54) is 6.26 Å². The zero-order chi connectivity index (χ0) is 24.4. The maximum atomic E-state index is 13.0. The predicted molar refractivity (Wildman–Crippen MR) is 120 cm³/mol. The Balaban J connectivity index is 1.18. The molecule has 9 nitrogen and oxygen atoms in total. The fourth-order valence-electron chi connectivity index (χ4n) is 4.36. The second-order valence-electron chi connectivity index (χ2n) is 8.38. The average molecular weight is 480 g/mol. The summed E-state index contributed by atoms with van der Waals surface area (Å²) in [5, 5.41) is 0. The van der Waals surface area contributed by atoms with E-state index in [1.54, 1.807) is 49.4 Å². The molecule has 0 aromatic heterocycles. The van der Waals surface area contributed by atoms with Crippen LogP contribution in [0.1, 0.15) is 46.9 Å². The van der Waals surface area contributed by atoms with Crippen LogP contribution in [0, 0.1) is 5.92 Å². The molecule has 1 saturated carbocycles. The van der Waals surface area contributed by atoms with Gasteiger partial charge in [0.2, 0.25) is 18.3 Å². The largest absolute Gasteiger partial charge is 0.493 e. The van der Waals surface area contributed by atoms with E-state index in [1.807, 2.05) is 0 Å². The first kappa shape index (κ1) is 22.8. The smallest absolute Gasteiger partial charge is 0.338 e. The normalized spacial score (nSPS) is 22.4. The van der Waals surface area contributed by atoms with Crippen molar-refractivity contribution in [3.63, 3.8) is 0 Å². The molecule has 3 atom stereocenters. The molecule has 5 rings (SSSR count). The SMILES string of the molecule is CCOC(=O)c1ccc(OC2=COC3CC(OC(=O)c4ccc5c(c4)OCO5)CCC3C2=O)cc1. The van der Waals surface area contributed by atoms with E-state index in [4.69, 9.17) is 28.4 Å². The molecular formula is C26H24O9. The van der Waals surface area contributed by atoms with Crippen LogP contribution in [0.5, 0.6) is 17.2 Å². The van der Waals surface area contributed by atoms with Crippen LogP contribution in [-0.4, -0.2) is 43.3 Å². The number of fused-ring (bicyclic) bond motifs is 2. The highest BCUT2D eigenvalue weighted by atomic mass is 16.7. The molecule has 2 heterocycles. The Bertz CT molecular complexity index is 1170. The molecule has 0 spiro atoms. The summed E-state index contributed by atoms with van der Waals surface area (Å²) in [5.41, 5.74) is 0.773. The highest BCUT2D eigenvalue weighted by Gasteiger charge is 2.42. The van der Waals surface area contributed by atoms with Crippen LogP contribution < -0.4 is 14.2 Å². The van der Waals surface area contributed by atoms with Gasteiger partial charge in [0, 0.05) is 6.42 Å². The monoisotopic (exact) mass is 480 g/mol. The van der Waals surface area contributed by atoms with E-state index in [0.29, 0.717) is 47.6 Å². The van der Waals surface area contributed by atoms with Gasteiger partial charge in [-0.05, 0) is 62.2 Å². The number of hydrogen-bond acceptors (Lipinski definition) is 9. The number of ketones is 1. The first-order valence-electron chi connectivity index (χ1n) is 11.5. The van der Waals surface area contributed by atoms with Crippen LogP contribution in [-0.2, 0) is 19.0 Å². The zero-order valence-corrected chi connectivity index (χ0v) is 19.1. The minimum Gasteiger partial charge on any atom is -0.493 e. The lowest BCUT2D eigenvalue weighted by atomic mass is 9.80. The molecule has 9 heteroatoms. The van der Waals surface area contributed by atoms with Gasteiger partial charge in [0.05, 0.1) is 23.7 Å². The molecular weight excluding hydrogens is 456 g/mol. The van der Waals surface area contributed by atoms with Crippen LogP contribution in [0.15, 0.2) is 54.5 Å². The molecule has 0 amide bonds. The third-order valence-corrected chi connectivity index (χ3v) is 6.15. The van der Waals surface area contributed by atoms with Crippen LogP contribution in [0.3, 0.4) is 0 Å². The molecule has 0 bridgehead atoms. The van der Waals surface area contributed by atoms with Crippen molar-refractivity contribution in [2.75, 3.05) is 13.4 Å². The lowest BCUT2D eigenvalue weighted by Gasteiger charge is -2.36. The topological polar surface area (TPSA) is 107 Å². The van der Waals surface area contributed by atoms with Gasteiger partial charge in [0.15, 0.2) is 11.5 Å². The predicted octanol–water partition coefficient (Wildman–Crippen LogP) is 3.81. The van der Waals surface area contributed by atoms with E-state index < -0.39 is 18.0 Å². The van der Waals surface area contributed by atoms with Crippen LogP contribution in [0.25, 0.3) is 0 Å². The standard InChI is InChI=1S/C26H24O9/c1-2-30-25(28)15-3-6-17(7-4-15)34-23-13-31-21-12-18(8-9-19(21)24(23)27)35-26(29)16-5-10-20-22(11-16)33-14-32-20/h3-7,10-11,13,18-19,21H,2,8-9,12,14H2,1H3. The van der Waals surface area contributed by atoms with Gasteiger partial charge in [0.1, 0.15) is 24.2 Å². The van der Waals surface area contributed by atoms with Crippen molar-refractivity contribution in [1.82, 2.24) is 0 Å². The number of esters is 2. The van der Waals surface area contributed by atoms with Gasteiger partial charge in [-0.3, -0.25) is 4.79 Å². The quantitative estimate of drug-likeness (QED) is 0.571. The highest BCUT2D eigenvalue weighted by molar-refractivity contribution is 5.97. The zero-order valence-electron chi connectivity index (χ0n) is 19.1. The number of carbonyl (C=O) groups is 3. The molecule has 2 aromatic rings. The van der Waals surface area contributed by atoms with Crippen LogP contribution >= 0.6 is 0 Å². The summed E-state index contributed by atoms with van der Waals surface area (Å²) in [6.07, 6.45) is 1.99. The van der Waals surface area contributed by atoms with Crippen molar-refractivity contribution in [2.45, 2.75) is 38.4 Å². The Morgan fingerprint density at radius 3 is 2.54 bits per heavy atom. The van der Waals surface area contributed by atoms with Crippen LogP contribution in [0.4, 0.5) is 0 Å². The average Bonchev–Trinajstić information content (AvgIpc) is 3.34. The second-order valence-corrected chi connectivity index (χ2v) is 8.38. The molecule has 182 valence electrons. The van der Waals surface area contributed by atoms with Crippen LogP contribution in [0.2, 0.25) is 0 Å². The summed E-state index contributed by atoms with van der Waals surface area (Å²) >= 11 is 0. The van der Waals surface area contributed by atoms with Gasteiger partial charge in [-0.1, -0.05) is 0 Å². The minimum absolute atomic E-state index is 0.103. The summed E-state index contributed by atoms with van der Waals surface area (Å²) < 4.78 is 32.7. The molecule has 3 aliphatic rings. The molecule has 0 saturated heterocycles. The van der Waals surface area contributed by atoms with E-state index >= 15 is 0 Å². The van der Waals surface area contributed by atoms with E-state index in [-0.39, 0.29) is 37.0 Å². The number of carbonyl (C=O) groups excluding carboxylic acids is 3. The van der Waals surface area contributed by atoms with E-state index in [2.05, 4.69) is 0 Å². The Morgan fingerprint density at radius 2 is 1.74 bits per heavy atom. The Hall–Kier alpha value is -4.01. The number of allylic oxidation sites excluding steroid dienone is 1. The summed E-state index contributed by atoms with van der Waals surface area (Å²) in [4.78, 5) is 37.4. The Morgan fingerprint density at radius 1 is 0.971 bits per heavy atom. The van der Waals surface area contributed by atoms with Crippen molar-refractivity contribution >= 4 is 17.7 Å². The Kier molecular flexibility index (Phi) is 6.31. The maximum Gasteiger partial charge on any atom is 0.338 e. The number of ether oxygens (including phenoxy) is 6. The second kappa shape index (κ2) is 9.69. The summed E-state index contributed by atoms with van der Waals surface area (Å²) in [6.45, 7) is 2.15. The van der Waals surface area contributed by atoms with Crippen molar-refractivity contribution in [3.8, 4) is 17.2 Å². The molecule has 2 aliphatic heterocycles. The van der Waals surface area contributed by atoms with Crippen molar-refractivity contribution in [2.24, 2.45) is 5.92 Å². The fourth-order valence-corrected chi connectivity index (χ4v) is 4.36. The molecule has 0 N–H and O–H groups in total. The van der Waals surface area contributed by atoms with Gasteiger partial charge in [0.25, 0.3) is 0 Å². The molecule has 35 heavy (non-hydrogen) atoms. The van der Waals surface area contributed by atoms with Crippen molar-refractivity contribution in [1.29, 1.82) is 0 Å². The highest BCUT2D eigenvalue weighted by Crippen LogP contribution is 2.36. The Labute approximate surface area is 201 Å². The lowest BCUT2D eigenvalue weighted by Crippen LogP contribution is -2.43. The number of benzene rings is 2. The summed E-state index contributed by atoms with van der Waals surface area (Å²) in [7, 11) is 0. The molecule has 1 fully saturated rings. The number of hydrogen-bond donors (Lipinski definition) is 0. The van der Waals surface area contributed by atoms with Crippen molar-refractivity contribution < 1.29 is 42.8 Å². The van der Waals surface area contributed by atoms with Gasteiger partial charge in [-0.25, -0.2) is 9.59 Å². The molecule has 2 aromatic carbocycles. The van der Waals surface area contributed by atoms with E-state index in [0.717, 1.165) is 0 Å². The molecule has 3 unspecified atom stereocenters. The minimum atomic E-state index is -0.459.